The van der Waals surface area contributed by atoms with E-state index in [9.17, 15) is 4.79 Å². The van der Waals surface area contributed by atoms with Crippen LogP contribution in [0.1, 0.15) is 27.2 Å². The van der Waals surface area contributed by atoms with Crippen LogP contribution in [0.2, 0.25) is 0 Å². The number of rotatable bonds is 2. The highest BCUT2D eigenvalue weighted by Crippen LogP contribution is 2.02. The van der Waals surface area contributed by atoms with E-state index in [0.29, 0.717) is 0 Å². The lowest BCUT2D eigenvalue weighted by Gasteiger charge is -1.92. The first kappa shape index (κ1) is 7.41. The van der Waals surface area contributed by atoms with E-state index in [1.807, 2.05) is 20.1 Å². The van der Waals surface area contributed by atoms with E-state index in [4.69, 9.17) is 0 Å². The standard InChI is InChI=1S/C7H11O/c1-4-6(2)7(3)5-8/h4H2,1-3H3/b7-6+. The number of hydrogen-bond donors (Lipinski definition) is 0. The Morgan fingerprint density at radius 1 is 1.50 bits per heavy atom. The van der Waals surface area contributed by atoms with Crippen molar-refractivity contribution >= 4 is 6.29 Å². The highest BCUT2D eigenvalue weighted by Gasteiger charge is 1.90. The maximum Gasteiger partial charge on any atom is 0.228 e. The van der Waals surface area contributed by atoms with Gasteiger partial charge in [-0.15, -0.1) is 0 Å². The molecule has 0 heterocycles. The molecule has 0 aromatic carbocycles. The maximum absolute atomic E-state index is 9.92. The molecule has 0 saturated heterocycles. The van der Waals surface area contributed by atoms with Gasteiger partial charge in [-0.05, 0) is 25.8 Å². The average molecular weight is 111 g/mol. The normalized spacial score (nSPS) is 12.9. The van der Waals surface area contributed by atoms with E-state index in [-0.39, 0.29) is 0 Å². The minimum Gasteiger partial charge on any atom is -0.285 e. The van der Waals surface area contributed by atoms with Gasteiger partial charge in [0, 0.05) is 0 Å². The van der Waals surface area contributed by atoms with Crippen LogP contribution in [-0.2, 0) is 4.79 Å². The Labute approximate surface area is 50.4 Å². The topological polar surface area (TPSA) is 17.1 Å². The smallest absolute Gasteiger partial charge is 0.228 e. The maximum atomic E-state index is 9.92. The first-order valence-electron chi connectivity index (χ1n) is 2.76. The van der Waals surface area contributed by atoms with E-state index < -0.39 is 0 Å². The van der Waals surface area contributed by atoms with Gasteiger partial charge in [-0.1, -0.05) is 12.5 Å². The van der Waals surface area contributed by atoms with Gasteiger partial charge in [0.1, 0.15) is 0 Å². The Hall–Kier alpha value is -0.590. The molecule has 0 saturated carbocycles. The van der Waals surface area contributed by atoms with E-state index in [1.165, 1.54) is 0 Å². The predicted molar refractivity (Wildman–Crippen MR) is 34.4 cm³/mol. The van der Waals surface area contributed by atoms with Gasteiger partial charge in [0.25, 0.3) is 0 Å². The fourth-order valence-corrected chi connectivity index (χ4v) is 0.352. The molecular formula is C7H11O. The molecule has 1 radical (unpaired) electrons. The number of allylic oxidation sites excluding steroid dienone is 2. The van der Waals surface area contributed by atoms with Crippen molar-refractivity contribution in [1.29, 1.82) is 0 Å². The molecule has 0 aliphatic carbocycles. The minimum atomic E-state index is 0.743. The molecule has 0 rings (SSSR count). The van der Waals surface area contributed by atoms with Crippen molar-refractivity contribution in [2.75, 3.05) is 0 Å². The summed E-state index contributed by atoms with van der Waals surface area (Å²) >= 11 is 0. The van der Waals surface area contributed by atoms with Crippen LogP contribution in [-0.4, -0.2) is 6.29 Å². The highest BCUT2D eigenvalue weighted by molar-refractivity contribution is 5.74. The fourth-order valence-electron chi connectivity index (χ4n) is 0.352. The Bertz CT molecular complexity index is 112. The zero-order chi connectivity index (χ0) is 6.57. The third kappa shape index (κ3) is 1.92. The third-order valence-corrected chi connectivity index (χ3v) is 1.32. The Morgan fingerprint density at radius 3 is 2.12 bits per heavy atom. The lowest BCUT2D eigenvalue weighted by atomic mass is 10.1. The van der Waals surface area contributed by atoms with Gasteiger partial charge in [0.15, 0.2) is 0 Å². The van der Waals surface area contributed by atoms with E-state index in [0.717, 1.165) is 17.6 Å². The van der Waals surface area contributed by atoms with Crippen LogP contribution in [0, 0.1) is 0 Å². The molecule has 0 aliphatic rings. The molecule has 0 amide bonds. The van der Waals surface area contributed by atoms with Crippen molar-refractivity contribution in [2.24, 2.45) is 0 Å². The summed E-state index contributed by atoms with van der Waals surface area (Å²) < 4.78 is 0. The molecule has 0 unspecified atom stereocenters. The predicted octanol–water partition coefficient (Wildman–Crippen LogP) is 1.84. The number of carbonyl (C=O) groups excluding carboxylic acids is 1. The van der Waals surface area contributed by atoms with Crippen LogP contribution in [0.25, 0.3) is 0 Å². The van der Waals surface area contributed by atoms with Crippen molar-refractivity contribution in [3.05, 3.63) is 11.1 Å². The van der Waals surface area contributed by atoms with Gasteiger partial charge in [-0.3, -0.25) is 4.79 Å². The summed E-state index contributed by atoms with van der Waals surface area (Å²) in [5.74, 6) is 0. The average Bonchev–Trinajstić information content (AvgIpc) is 1.84. The van der Waals surface area contributed by atoms with Gasteiger partial charge >= 0.3 is 0 Å². The molecule has 0 aromatic heterocycles. The third-order valence-electron chi connectivity index (χ3n) is 1.32. The first-order valence-corrected chi connectivity index (χ1v) is 2.76. The van der Waals surface area contributed by atoms with Crippen molar-refractivity contribution in [3.63, 3.8) is 0 Å². The zero-order valence-electron chi connectivity index (χ0n) is 5.62. The summed E-state index contributed by atoms with van der Waals surface area (Å²) in [6.45, 7) is 5.75. The molecule has 1 heteroatoms. The summed E-state index contributed by atoms with van der Waals surface area (Å²) in [7, 11) is 0. The summed E-state index contributed by atoms with van der Waals surface area (Å²) in [5.41, 5.74) is 1.87. The zero-order valence-corrected chi connectivity index (χ0v) is 5.62. The molecule has 45 valence electrons. The second-order valence-electron chi connectivity index (χ2n) is 1.86. The van der Waals surface area contributed by atoms with Crippen LogP contribution in [0.4, 0.5) is 0 Å². The van der Waals surface area contributed by atoms with Gasteiger partial charge in [-0.25, -0.2) is 0 Å². The van der Waals surface area contributed by atoms with Gasteiger partial charge in [0.05, 0.1) is 0 Å². The van der Waals surface area contributed by atoms with Crippen molar-refractivity contribution in [3.8, 4) is 0 Å². The summed E-state index contributed by atoms with van der Waals surface area (Å²) in [4.78, 5) is 9.92. The van der Waals surface area contributed by atoms with Gasteiger partial charge in [0.2, 0.25) is 6.29 Å². The SMILES string of the molecule is CC/C(C)=C(\C)[C]=O. The Kier molecular flexibility index (Phi) is 3.16. The van der Waals surface area contributed by atoms with E-state index in [2.05, 4.69) is 0 Å². The molecule has 1 nitrogen and oxygen atoms in total. The molecule has 0 aliphatic heterocycles. The van der Waals surface area contributed by atoms with Crippen LogP contribution >= 0.6 is 0 Å². The molecular weight excluding hydrogens is 100 g/mol. The van der Waals surface area contributed by atoms with Crippen LogP contribution in [0.15, 0.2) is 11.1 Å². The minimum absolute atomic E-state index is 0.743. The lowest BCUT2D eigenvalue weighted by Crippen LogP contribution is -1.81. The molecule has 0 atom stereocenters. The van der Waals surface area contributed by atoms with Crippen LogP contribution in [0.3, 0.4) is 0 Å². The molecule has 0 aromatic rings. The molecule has 0 N–H and O–H groups in total. The first-order chi connectivity index (χ1) is 3.72. The lowest BCUT2D eigenvalue weighted by molar-refractivity contribution is 0.561. The quantitative estimate of drug-likeness (QED) is 0.497. The van der Waals surface area contributed by atoms with E-state index in [1.54, 1.807) is 6.92 Å². The second-order valence-corrected chi connectivity index (χ2v) is 1.86. The van der Waals surface area contributed by atoms with Gasteiger partial charge < -0.3 is 0 Å². The Morgan fingerprint density at radius 2 is 2.00 bits per heavy atom. The van der Waals surface area contributed by atoms with Crippen molar-refractivity contribution < 1.29 is 4.79 Å². The summed E-state index contributed by atoms with van der Waals surface area (Å²) in [5, 5.41) is 0. The summed E-state index contributed by atoms with van der Waals surface area (Å²) in [6, 6.07) is 0. The summed E-state index contributed by atoms with van der Waals surface area (Å²) in [6.07, 6.45) is 2.79. The van der Waals surface area contributed by atoms with Crippen LogP contribution < -0.4 is 0 Å². The molecule has 0 spiro atoms. The second kappa shape index (κ2) is 3.42. The monoisotopic (exact) mass is 111 g/mol. The van der Waals surface area contributed by atoms with E-state index >= 15 is 0 Å². The van der Waals surface area contributed by atoms with Gasteiger partial charge in [-0.2, -0.15) is 0 Å². The number of hydrogen-bond acceptors (Lipinski definition) is 1. The van der Waals surface area contributed by atoms with Crippen molar-refractivity contribution in [1.82, 2.24) is 0 Å². The van der Waals surface area contributed by atoms with Crippen molar-refractivity contribution in [2.45, 2.75) is 27.2 Å². The molecule has 8 heavy (non-hydrogen) atoms. The Balaban J connectivity index is 4.03. The van der Waals surface area contributed by atoms with Crippen LogP contribution in [0.5, 0.6) is 0 Å². The largest absolute Gasteiger partial charge is 0.285 e. The molecule has 0 fully saturated rings. The highest BCUT2D eigenvalue weighted by atomic mass is 16.1. The fraction of sp³-hybridized carbons (Fsp3) is 0.571. The molecule has 0 bridgehead atoms.